The summed E-state index contributed by atoms with van der Waals surface area (Å²) in [6.07, 6.45) is 0. The summed E-state index contributed by atoms with van der Waals surface area (Å²) in [5.74, 6) is 0.0333. The molecule has 3 rings (SSSR count). The average Bonchev–Trinajstić information content (AvgIpc) is 2.99. The Kier molecular flexibility index (Phi) is 3.27. The second-order valence-electron chi connectivity index (χ2n) is 4.97. The fraction of sp³-hybridized carbons (Fsp3) is 0.125. The van der Waals surface area contributed by atoms with Crippen molar-refractivity contribution in [2.75, 3.05) is 0 Å². The first kappa shape index (κ1) is 13.5. The van der Waals surface area contributed by atoms with Crippen LogP contribution in [0.3, 0.4) is 0 Å². The molecule has 1 unspecified atom stereocenters. The highest BCUT2D eigenvalue weighted by atomic mass is 19.1. The van der Waals surface area contributed by atoms with Crippen molar-refractivity contribution in [3.8, 4) is 11.4 Å². The summed E-state index contributed by atoms with van der Waals surface area (Å²) in [6, 6.07) is 15.7. The lowest BCUT2D eigenvalue weighted by molar-refractivity contribution is 0.325. The lowest BCUT2D eigenvalue weighted by Crippen LogP contribution is -2.34. The van der Waals surface area contributed by atoms with Crippen LogP contribution in [0.15, 0.2) is 59.1 Å². The highest BCUT2D eigenvalue weighted by Crippen LogP contribution is 2.27. The molecule has 106 valence electrons. The largest absolute Gasteiger partial charge is 0.337 e. The van der Waals surface area contributed by atoms with Gasteiger partial charge in [-0.2, -0.15) is 4.98 Å². The molecular weight excluding hydrogens is 269 g/mol. The van der Waals surface area contributed by atoms with Crippen LogP contribution < -0.4 is 5.73 Å². The zero-order valence-electron chi connectivity index (χ0n) is 11.5. The third kappa shape index (κ3) is 2.43. The Balaban J connectivity index is 2.01. The van der Waals surface area contributed by atoms with Crippen molar-refractivity contribution in [3.05, 3.63) is 71.9 Å². The Bertz CT molecular complexity index is 753. The lowest BCUT2D eigenvalue weighted by atomic mass is 9.93. The van der Waals surface area contributed by atoms with Gasteiger partial charge in [-0.05, 0) is 24.6 Å². The SMILES string of the molecule is CC(N)(c1ccccc1)c1nc(-c2ccccc2F)no1. The smallest absolute Gasteiger partial charge is 0.251 e. The molecule has 1 heterocycles. The van der Waals surface area contributed by atoms with E-state index in [0.717, 1.165) is 5.56 Å². The molecule has 0 spiro atoms. The van der Waals surface area contributed by atoms with Gasteiger partial charge in [0, 0.05) is 0 Å². The summed E-state index contributed by atoms with van der Waals surface area (Å²) in [5, 5.41) is 3.83. The van der Waals surface area contributed by atoms with Gasteiger partial charge in [0.1, 0.15) is 11.4 Å². The van der Waals surface area contributed by atoms with Crippen molar-refractivity contribution in [1.82, 2.24) is 10.1 Å². The summed E-state index contributed by atoms with van der Waals surface area (Å²) in [4.78, 5) is 4.25. The number of rotatable bonds is 3. The molecule has 1 atom stereocenters. The molecule has 0 radical (unpaired) electrons. The summed E-state index contributed by atoms with van der Waals surface area (Å²) < 4.78 is 19.0. The van der Waals surface area contributed by atoms with Crippen LogP contribution in [0.5, 0.6) is 0 Å². The zero-order valence-corrected chi connectivity index (χ0v) is 11.5. The number of benzene rings is 2. The molecule has 0 aliphatic heterocycles. The number of hydrogen-bond donors (Lipinski definition) is 1. The number of hydrogen-bond acceptors (Lipinski definition) is 4. The molecule has 0 fully saturated rings. The minimum absolute atomic E-state index is 0.190. The van der Waals surface area contributed by atoms with Gasteiger partial charge in [-0.1, -0.05) is 47.6 Å². The molecule has 0 amide bonds. The molecule has 2 N–H and O–H groups in total. The van der Waals surface area contributed by atoms with Crippen molar-refractivity contribution in [2.24, 2.45) is 5.73 Å². The van der Waals surface area contributed by atoms with E-state index in [0.29, 0.717) is 0 Å². The zero-order chi connectivity index (χ0) is 14.9. The van der Waals surface area contributed by atoms with Crippen LogP contribution in [0, 0.1) is 5.82 Å². The van der Waals surface area contributed by atoms with Crippen molar-refractivity contribution >= 4 is 0 Å². The van der Waals surface area contributed by atoms with E-state index in [4.69, 9.17) is 10.3 Å². The average molecular weight is 283 g/mol. The van der Waals surface area contributed by atoms with Gasteiger partial charge in [0.2, 0.25) is 5.82 Å². The van der Waals surface area contributed by atoms with Gasteiger partial charge in [-0.15, -0.1) is 0 Å². The van der Waals surface area contributed by atoms with E-state index >= 15 is 0 Å². The molecule has 2 aromatic carbocycles. The van der Waals surface area contributed by atoms with E-state index in [1.165, 1.54) is 6.07 Å². The minimum atomic E-state index is -0.933. The highest BCUT2D eigenvalue weighted by Gasteiger charge is 2.30. The Morgan fingerprint density at radius 3 is 2.43 bits per heavy atom. The third-order valence-corrected chi connectivity index (χ3v) is 3.36. The molecular formula is C16H14FN3O. The second-order valence-corrected chi connectivity index (χ2v) is 4.97. The van der Waals surface area contributed by atoms with Gasteiger partial charge in [-0.3, -0.25) is 0 Å². The molecule has 0 aliphatic rings. The fourth-order valence-corrected chi connectivity index (χ4v) is 2.09. The van der Waals surface area contributed by atoms with E-state index in [-0.39, 0.29) is 17.3 Å². The van der Waals surface area contributed by atoms with Crippen LogP contribution >= 0.6 is 0 Å². The first-order valence-corrected chi connectivity index (χ1v) is 6.52. The van der Waals surface area contributed by atoms with Crippen LogP contribution in [0.1, 0.15) is 18.4 Å². The van der Waals surface area contributed by atoms with Crippen LogP contribution in [0.2, 0.25) is 0 Å². The van der Waals surface area contributed by atoms with Crippen LogP contribution in [-0.4, -0.2) is 10.1 Å². The van der Waals surface area contributed by atoms with Crippen LogP contribution in [-0.2, 0) is 5.54 Å². The predicted octanol–water partition coefficient (Wildman–Crippen LogP) is 3.10. The molecule has 5 heteroatoms. The summed E-state index contributed by atoms with van der Waals surface area (Å²) in [6.45, 7) is 1.78. The number of aromatic nitrogens is 2. The third-order valence-electron chi connectivity index (χ3n) is 3.36. The predicted molar refractivity (Wildman–Crippen MR) is 76.8 cm³/mol. The van der Waals surface area contributed by atoms with Crippen molar-refractivity contribution in [2.45, 2.75) is 12.5 Å². The molecule has 3 aromatic rings. The summed E-state index contributed by atoms with van der Waals surface area (Å²) in [7, 11) is 0. The van der Waals surface area contributed by atoms with Gasteiger partial charge < -0.3 is 10.3 Å². The molecule has 21 heavy (non-hydrogen) atoms. The van der Waals surface area contributed by atoms with E-state index in [9.17, 15) is 4.39 Å². The first-order valence-electron chi connectivity index (χ1n) is 6.52. The number of nitrogens with zero attached hydrogens (tertiary/aromatic N) is 2. The standard InChI is InChI=1S/C16H14FN3O/c1-16(18,11-7-3-2-4-8-11)15-19-14(20-21-15)12-9-5-6-10-13(12)17/h2-10H,18H2,1H3. The fourth-order valence-electron chi connectivity index (χ4n) is 2.09. The monoisotopic (exact) mass is 283 g/mol. The lowest BCUT2D eigenvalue weighted by Gasteiger charge is -2.20. The number of nitrogens with two attached hydrogens (primary N) is 1. The maximum Gasteiger partial charge on any atom is 0.251 e. The minimum Gasteiger partial charge on any atom is -0.337 e. The van der Waals surface area contributed by atoms with Gasteiger partial charge in [0.25, 0.3) is 5.89 Å². The maximum atomic E-state index is 13.8. The van der Waals surface area contributed by atoms with Crippen molar-refractivity contribution in [1.29, 1.82) is 0 Å². The topological polar surface area (TPSA) is 64.9 Å². The van der Waals surface area contributed by atoms with Gasteiger partial charge >= 0.3 is 0 Å². The van der Waals surface area contributed by atoms with Gasteiger partial charge in [0.05, 0.1) is 5.56 Å². The van der Waals surface area contributed by atoms with E-state index in [1.54, 1.807) is 25.1 Å². The van der Waals surface area contributed by atoms with E-state index < -0.39 is 11.4 Å². The molecule has 1 aromatic heterocycles. The maximum absolute atomic E-state index is 13.8. The summed E-state index contributed by atoms with van der Waals surface area (Å²) >= 11 is 0. The molecule has 0 saturated heterocycles. The normalized spacial score (nSPS) is 13.9. The second kappa shape index (κ2) is 5.10. The first-order chi connectivity index (χ1) is 10.1. The Morgan fingerprint density at radius 1 is 1.05 bits per heavy atom. The molecule has 0 saturated carbocycles. The Labute approximate surface area is 121 Å². The Morgan fingerprint density at radius 2 is 1.71 bits per heavy atom. The number of halogens is 1. The highest BCUT2D eigenvalue weighted by molar-refractivity contribution is 5.55. The van der Waals surface area contributed by atoms with Crippen LogP contribution in [0.4, 0.5) is 4.39 Å². The molecule has 0 aliphatic carbocycles. The summed E-state index contributed by atoms with van der Waals surface area (Å²) in [5.41, 5.74) is 6.50. The van der Waals surface area contributed by atoms with E-state index in [1.807, 2.05) is 30.3 Å². The van der Waals surface area contributed by atoms with Gasteiger partial charge in [0.15, 0.2) is 0 Å². The van der Waals surface area contributed by atoms with Gasteiger partial charge in [-0.25, -0.2) is 4.39 Å². The molecule has 4 nitrogen and oxygen atoms in total. The Hall–Kier alpha value is -2.53. The molecule has 0 bridgehead atoms. The quantitative estimate of drug-likeness (QED) is 0.802. The van der Waals surface area contributed by atoms with Crippen molar-refractivity contribution < 1.29 is 8.91 Å². The van der Waals surface area contributed by atoms with Crippen molar-refractivity contribution in [3.63, 3.8) is 0 Å². The van der Waals surface area contributed by atoms with E-state index in [2.05, 4.69) is 10.1 Å². The van der Waals surface area contributed by atoms with Crippen LogP contribution in [0.25, 0.3) is 11.4 Å².